The summed E-state index contributed by atoms with van der Waals surface area (Å²) >= 11 is 5.94. The third kappa shape index (κ3) is 3.63. The lowest BCUT2D eigenvalue weighted by Crippen LogP contribution is -2.38. The van der Waals surface area contributed by atoms with E-state index in [0.29, 0.717) is 22.3 Å². The van der Waals surface area contributed by atoms with Crippen LogP contribution in [-0.4, -0.2) is 11.9 Å². The Hall–Kier alpha value is -1.22. The van der Waals surface area contributed by atoms with Gasteiger partial charge in [-0.1, -0.05) is 37.8 Å². The van der Waals surface area contributed by atoms with Gasteiger partial charge in [0.15, 0.2) is 0 Å². The molecule has 1 saturated carbocycles. The van der Waals surface area contributed by atoms with Crippen LogP contribution < -0.4 is 11.1 Å². The lowest BCUT2D eigenvalue weighted by molar-refractivity contribution is 0.0919. The van der Waals surface area contributed by atoms with Gasteiger partial charge in [0.05, 0.1) is 10.7 Å². The van der Waals surface area contributed by atoms with E-state index in [1.54, 1.807) is 18.2 Å². The van der Waals surface area contributed by atoms with Gasteiger partial charge in [-0.2, -0.15) is 0 Å². The van der Waals surface area contributed by atoms with Crippen LogP contribution in [0.2, 0.25) is 5.02 Å². The van der Waals surface area contributed by atoms with Gasteiger partial charge in [0.1, 0.15) is 0 Å². The third-order valence-corrected chi connectivity index (χ3v) is 4.29. The molecule has 0 bridgehead atoms. The van der Waals surface area contributed by atoms with Crippen molar-refractivity contribution in [2.75, 3.05) is 5.73 Å². The zero-order chi connectivity index (χ0) is 13.8. The molecule has 4 heteroatoms. The number of halogens is 1. The number of nitrogens with one attached hydrogen (secondary N) is 1. The largest absolute Gasteiger partial charge is 0.398 e. The minimum atomic E-state index is -0.0522. The van der Waals surface area contributed by atoms with E-state index in [2.05, 4.69) is 12.2 Å². The molecule has 0 saturated heterocycles. The molecule has 0 heterocycles. The molecule has 0 aliphatic heterocycles. The second-order valence-electron chi connectivity index (χ2n) is 5.35. The summed E-state index contributed by atoms with van der Waals surface area (Å²) in [6, 6.07) is 5.32. The average Bonchev–Trinajstić information content (AvgIpc) is 2.42. The normalized spacial score (nSPS) is 23.1. The number of amides is 1. The second-order valence-corrected chi connectivity index (χ2v) is 5.75. The molecule has 0 aromatic heterocycles. The van der Waals surface area contributed by atoms with Crippen molar-refractivity contribution in [1.82, 2.24) is 5.32 Å². The number of hydrogen-bond acceptors (Lipinski definition) is 2. The Kier molecular flexibility index (Phi) is 4.70. The van der Waals surface area contributed by atoms with Crippen LogP contribution in [0.4, 0.5) is 5.69 Å². The van der Waals surface area contributed by atoms with E-state index >= 15 is 0 Å². The predicted octanol–water partition coefficient (Wildman–Crippen LogP) is 3.62. The van der Waals surface area contributed by atoms with Gasteiger partial charge in [-0.25, -0.2) is 0 Å². The third-order valence-electron chi connectivity index (χ3n) is 3.96. The molecule has 3 N–H and O–H groups in total. The predicted molar refractivity (Wildman–Crippen MR) is 79.4 cm³/mol. The van der Waals surface area contributed by atoms with Gasteiger partial charge in [0.2, 0.25) is 0 Å². The molecule has 2 rings (SSSR count). The Bertz CT molecular complexity index is 461. The van der Waals surface area contributed by atoms with Crippen LogP contribution >= 0.6 is 11.6 Å². The molecule has 1 aliphatic rings. The quantitative estimate of drug-likeness (QED) is 0.831. The number of hydrogen-bond donors (Lipinski definition) is 2. The topological polar surface area (TPSA) is 55.1 Å². The fraction of sp³-hybridized carbons (Fsp3) is 0.533. The van der Waals surface area contributed by atoms with Crippen molar-refractivity contribution in [2.24, 2.45) is 5.92 Å². The summed E-state index contributed by atoms with van der Waals surface area (Å²) < 4.78 is 0. The zero-order valence-electron chi connectivity index (χ0n) is 11.3. The Labute approximate surface area is 119 Å². The number of anilines is 1. The maximum atomic E-state index is 12.2. The summed E-state index contributed by atoms with van der Waals surface area (Å²) in [6.45, 7) is 2.22. The van der Waals surface area contributed by atoms with Gasteiger partial charge in [-0.15, -0.1) is 0 Å². The first-order valence-electron chi connectivity index (χ1n) is 6.96. The van der Waals surface area contributed by atoms with Crippen molar-refractivity contribution in [3.8, 4) is 0 Å². The summed E-state index contributed by atoms with van der Waals surface area (Å²) in [5.74, 6) is 0.692. The molecule has 0 spiro atoms. The first kappa shape index (κ1) is 14.2. The van der Waals surface area contributed by atoms with Crippen molar-refractivity contribution in [1.29, 1.82) is 0 Å². The van der Waals surface area contributed by atoms with Gasteiger partial charge in [0, 0.05) is 11.6 Å². The number of nitrogens with two attached hydrogens (primary N) is 1. The molecule has 2 atom stereocenters. The van der Waals surface area contributed by atoms with Crippen molar-refractivity contribution in [3.05, 3.63) is 28.8 Å². The van der Waals surface area contributed by atoms with E-state index in [0.717, 1.165) is 18.8 Å². The minimum Gasteiger partial charge on any atom is -0.398 e. The Balaban J connectivity index is 1.98. The first-order chi connectivity index (χ1) is 9.10. The standard InChI is InChI=1S/C15H21ClN2O/c1-2-10-4-3-5-12(8-10)18-15(19)11-6-7-14(17)13(16)9-11/h6-7,9-10,12H,2-5,8,17H2,1H3,(H,18,19). The second kappa shape index (κ2) is 6.29. The van der Waals surface area contributed by atoms with Crippen LogP contribution in [0.15, 0.2) is 18.2 Å². The molecule has 1 aliphatic carbocycles. The van der Waals surface area contributed by atoms with E-state index in [-0.39, 0.29) is 5.91 Å². The summed E-state index contributed by atoms with van der Waals surface area (Å²) in [6.07, 6.45) is 5.85. The van der Waals surface area contributed by atoms with Crippen molar-refractivity contribution in [3.63, 3.8) is 0 Å². The highest BCUT2D eigenvalue weighted by molar-refractivity contribution is 6.33. The van der Waals surface area contributed by atoms with Crippen LogP contribution in [0, 0.1) is 5.92 Å². The minimum absolute atomic E-state index is 0.0522. The van der Waals surface area contributed by atoms with Crippen molar-refractivity contribution < 1.29 is 4.79 Å². The van der Waals surface area contributed by atoms with Crippen LogP contribution in [0.1, 0.15) is 49.4 Å². The van der Waals surface area contributed by atoms with Crippen molar-refractivity contribution in [2.45, 2.75) is 45.1 Å². The highest BCUT2D eigenvalue weighted by Gasteiger charge is 2.22. The van der Waals surface area contributed by atoms with Gasteiger partial charge < -0.3 is 11.1 Å². The Morgan fingerprint density at radius 1 is 1.47 bits per heavy atom. The molecule has 3 nitrogen and oxygen atoms in total. The zero-order valence-corrected chi connectivity index (χ0v) is 12.0. The Morgan fingerprint density at radius 3 is 2.95 bits per heavy atom. The molecule has 1 aromatic rings. The summed E-state index contributed by atoms with van der Waals surface area (Å²) in [7, 11) is 0. The molecule has 2 unspecified atom stereocenters. The van der Waals surface area contributed by atoms with Crippen LogP contribution in [0.25, 0.3) is 0 Å². The molecule has 104 valence electrons. The highest BCUT2D eigenvalue weighted by Crippen LogP contribution is 2.27. The monoisotopic (exact) mass is 280 g/mol. The maximum absolute atomic E-state index is 12.2. The molecule has 0 radical (unpaired) electrons. The van der Waals surface area contributed by atoms with E-state index < -0.39 is 0 Å². The number of rotatable bonds is 3. The van der Waals surface area contributed by atoms with Gasteiger partial charge >= 0.3 is 0 Å². The van der Waals surface area contributed by atoms with Gasteiger partial charge in [-0.3, -0.25) is 4.79 Å². The van der Waals surface area contributed by atoms with Crippen LogP contribution in [0.3, 0.4) is 0 Å². The number of carbonyl (C=O) groups is 1. The SMILES string of the molecule is CCC1CCCC(NC(=O)c2ccc(N)c(Cl)c2)C1. The number of benzene rings is 1. The van der Waals surface area contributed by atoms with Crippen molar-refractivity contribution >= 4 is 23.2 Å². The number of carbonyl (C=O) groups excluding carboxylic acids is 1. The van der Waals surface area contributed by atoms with E-state index in [9.17, 15) is 4.79 Å². The smallest absolute Gasteiger partial charge is 0.251 e. The maximum Gasteiger partial charge on any atom is 0.251 e. The summed E-state index contributed by atoms with van der Waals surface area (Å²) in [5.41, 5.74) is 6.73. The first-order valence-corrected chi connectivity index (χ1v) is 7.33. The average molecular weight is 281 g/mol. The fourth-order valence-electron chi connectivity index (χ4n) is 2.73. The Morgan fingerprint density at radius 2 is 2.26 bits per heavy atom. The number of nitrogen functional groups attached to an aromatic ring is 1. The van der Waals surface area contributed by atoms with Gasteiger partial charge in [0.25, 0.3) is 5.91 Å². The lowest BCUT2D eigenvalue weighted by atomic mass is 9.84. The van der Waals surface area contributed by atoms with E-state index in [1.807, 2.05) is 0 Å². The van der Waals surface area contributed by atoms with Gasteiger partial charge in [-0.05, 0) is 37.0 Å². The van der Waals surface area contributed by atoms with E-state index in [1.165, 1.54) is 19.3 Å². The summed E-state index contributed by atoms with van der Waals surface area (Å²) in [5, 5.41) is 3.54. The molecule has 1 fully saturated rings. The van der Waals surface area contributed by atoms with E-state index in [4.69, 9.17) is 17.3 Å². The molecule has 1 aromatic carbocycles. The molecule has 1 amide bonds. The molecular formula is C15H21ClN2O. The lowest BCUT2D eigenvalue weighted by Gasteiger charge is -2.29. The summed E-state index contributed by atoms with van der Waals surface area (Å²) in [4.78, 5) is 12.2. The fourth-order valence-corrected chi connectivity index (χ4v) is 2.91. The highest BCUT2D eigenvalue weighted by atomic mass is 35.5. The molecular weight excluding hydrogens is 260 g/mol. The van der Waals surface area contributed by atoms with Crippen LogP contribution in [-0.2, 0) is 0 Å². The molecule has 19 heavy (non-hydrogen) atoms. The van der Waals surface area contributed by atoms with Crippen LogP contribution in [0.5, 0.6) is 0 Å².